The molecular weight excluding hydrogens is 468 g/mol. The number of amides is 2. The van der Waals surface area contributed by atoms with Gasteiger partial charge in [-0.2, -0.15) is 0 Å². The van der Waals surface area contributed by atoms with Gasteiger partial charge in [-0.25, -0.2) is 9.38 Å². The summed E-state index contributed by atoms with van der Waals surface area (Å²) in [5.74, 6) is -0.857. The minimum Gasteiger partial charge on any atom is -0.325 e. The summed E-state index contributed by atoms with van der Waals surface area (Å²) in [7, 11) is 1.65. The Kier molecular flexibility index (Phi) is 5.92. The van der Waals surface area contributed by atoms with E-state index in [1.165, 1.54) is 40.9 Å². The van der Waals surface area contributed by atoms with Crippen LogP contribution in [0.4, 0.5) is 15.8 Å². The van der Waals surface area contributed by atoms with E-state index in [2.05, 4.69) is 32.9 Å². The molecule has 2 amide bonds. The molecule has 1 atom stereocenters. The van der Waals surface area contributed by atoms with E-state index in [1.54, 1.807) is 7.05 Å². The highest BCUT2D eigenvalue weighted by molar-refractivity contribution is 14.1. The van der Waals surface area contributed by atoms with Gasteiger partial charge in [0.1, 0.15) is 11.1 Å². The molecule has 1 saturated heterocycles. The second-order valence-corrected chi connectivity index (χ2v) is 8.05. The van der Waals surface area contributed by atoms with Crippen molar-refractivity contribution in [2.45, 2.75) is 11.7 Å². The summed E-state index contributed by atoms with van der Waals surface area (Å²) < 4.78 is 14.1. The van der Waals surface area contributed by atoms with Gasteiger partial charge in [0.15, 0.2) is 5.17 Å². The third-order valence-corrected chi connectivity index (χ3v) is 5.68. The van der Waals surface area contributed by atoms with Crippen molar-refractivity contribution in [3.63, 3.8) is 0 Å². The summed E-state index contributed by atoms with van der Waals surface area (Å²) in [5.41, 5.74) is 1.20. The zero-order valence-corrected chi connectivity index (χ0v) is 16.8. The highest BCUT2D eigenvalue weighted by Gasteiger charge is 2.34. The summed E-state index contributed by atoms with van der Waals surface area (Å²) in [6.45, 7) is 0. The number of thioether (sulfide) groups is 1. The average molecular weight is 483 g/mol. The van der Waals surface area contributed by atoms with E-state index >= 15 is 0 Å². The summed E-state index contributed by atoms with van der Waals surface area (Å²) in [4.78, 5) is 30.7. The molecule has 1 aliphatic heterocycles. The van der Waals surface area contributed by atoms with E-state index in [0.717, 1.165) is 3.57 Å². The highest BCUT2D eigenvalue weighted by Crippen LogP contribution is 2.29. The predicted octanol–water partition coefficient (Wildman–Crippen LogP) is 4.02. The van der Waals surface area contributed by atoms with Gasteiger partial charge in [-0.3, -0.25) is 14.5 Å². The van der Waals surface area contributed by atoms with Crippen LogP contribution in [0.25, 0.3) is 0 Å². The normalized spacial score (nSPS) is 18.9. The zero-order chi connectivity index (χ0) is 18.7. The third-order valence-electron chi connectivity index (χ3n) is 3.72. The first-order valence-corrected chi connectivity index (χ1v) is 9.72. The van der Waals surface area contributed by atoms with Gasteiger partial charge in [-0.15, -0.1) is 0 Å². The van der Waals surface area contributed by atoms with Crippen LogP contribution in [0.1, 0.15) is 6.42 Å². The molecule has 134 valence electrons. The molecule has 0 saturated carbocycles. The summed E-state index contributed by atoms with van der Waals surface area (Å²) in [5, 5.41) is 2.60. The van der Waals surface area contributed by atoms with Crippen LogP contribution >= 0.6 is 34.4 Å². The smallest absolute Gasteiger partial charge is 0.238 e. The van der Waals surface area contributed by atoms with Gasteiger partial charge in [-0.05, 0) is 71.1 Å². The number of carbonyl (C=O) groups is 2. The molecule has 0 aromatic heterocycles. The first-order valence-electron chi connectivity index (χ1n) is 7.76. The summed E-state index contributed by atoms with van der Waals surface area (Å²) in [6.07, 6.45) is 0.0832. The Morgan fingerprint density at radius 1 is 1.23 bits per heavy atom. The topological polar surface area (TPSA) is 61.8 Å². The molecule has 2 aromatic carbocycles. The van der Waals surface area contributed by atoms with Crippen LogP contribution in [0.2, 0.25) is 0 Å². The quantitative estimate of drug-likeness (QED) is 0.672. The van der Waals surface area contributed by atoms with Crippen molar-refractivity contribution < 1.29 is 14.0 Å². The number of nitrogens with zero attached hydrogens (tertiary/aromatic N) is 2. The number of rotatable bonds is 3. The lowest BCUT2D eigenvalue weighted by atomic mass is 10.2. The van der Waals surface area contributed by atoms with Crippen molar-refractivity contribution >= 4 is 62.7 Å². The fraction of sp³-hybridized carbons (Fsp3) is 0.167. The van der Waals surface area contributed by atoms with Crippen LogP contribution in [0.3, 0.4) is 0 Å². The fourth-order valence-electron chi connectivity index (χ4n) is 2.28. The lowest BCUT2D eigenvalue weighted by molar-refractivity contribution is -0.128. The number of hydrogen-bond donors (Lipinski definition) is 1. The molecule has 0 unspecified atom stereocenters. The van der Waals surface area contributed by atoms with Crippen molar-refractivity contribution in [1.29, 1.82) is 0 Å². The molecule has 0 bridgehead atoms. The number of benzene rings is 2. The van der Waals surface area contributed by atoms with Gasteiger partial charge in [0.05, 0.1) is 5.69 Å². The van der Waals surface area contributed by atoms with Crippen molar-refractivity contribution in [3.05, 3.63) is 57.9 Å². The Labute approximate surface area is 168 Å². The fourth-order valence-corrected chi connectivity index (χ4v) is 3.70. The maximum atomic E-state index is 13.0. The molecule has 3 rings (SSSR count). The lowest BCUT2D eigenvalue weighted by Gasteiger charge is -2.28. The molecule has 0 aliphatic carbocycles. The van der Waals surface area contributed by atoms with E-state index < -0.39 is 5.25 Å². The monoisotopic (exact) mass is 483 g/mol. The number of amidine groups is 1. The number of halogens is 2. The van der Waals surface area contributed by atoms with E-state index in [4.69, 9.17) is 0 Å². The lowest BCUT2D eigenvalue weighted by Crippen LogP contribution is -2.43. The van der Waals surface area contributed by atoms with Crippen molar-refractivity contribution in [2.24, 2.45) is 4.99 Å². The van der Waals surface area contributed by atoms with Crippen LogP contribution < -0.4 is 5.32 Å². The Bertz CT molecular complexity index is 856. The largest absolute Gasteiger partial charge is 0.325 e. The number of nitrogens with one attached hydrogen (secondary N) is 1. The Hall–Kier alpha value is -1.94. The Morgan fingerprint density at radius 2 is 1.88 bits per heavy atom. The van der Waals surface area contributed by atoms with Crippen LogP contribution in [0.5, 0.6) is 0 Å². The Balaban J connectivity index is 1.76. The molecule has 26 heavy (non-hydrogen) atoms. The second-order valence-electron chi connectivity index (χ2n) is 5.63. The number of aliphatic imine (C=N–C) groups is 1. The minimum absolute atomic E-state index is 0.0832. The molecule has 2 aromatic rings. The van der Waals surface area contributed by atoms with Crippen LogP contribution in [0.15, 0.2) is 53.5 Å². The second kappa shape index (κ2) is 8.17. The molecule has 8 heteroatoms. The van der Waals surface area contributed by atoms with Gasteiger partial charge in [0.2, 0.25) is 11.8 Å². The maximum Gasteiger partial charge on any atom is 0.238 e. The summed E-state index contributed by atoms with van der Waals surface area (Å²) >= 11 is 3.44. The Morgan fingerprint density at radius 3 is 2.54 bits per heavy atom. The van der Waals surface area contributed by atoms with Crippen molar-refractivity contribution in [1.82, 2.24) is 4.90 Å². The molecule has 1 N–H and O–H groups in total. The molecule has 1 fully saturated rings. The van der Waals surface area contributed by atoms with Crippen LogP contribution in [0, 0.1) is 9.39 Å². The molecular formula is C18H15FIN3O2S. The van der Waals surface area contributed by atoms with Gasteiger partial charge in [-0.1, -0.05) is 11.8 Å². The first-order chi connectivity index (χ1) is 12.4. The number of hydrogen-bond acceptors (Lipinski definition) is 4. The highest BCUT2D eigenvalue weighted by atomic mass is 127. The molecule has 1 heterocycles. The van der Waals surface area contributed by atoms with E-state index in [1.807, 2.05) is 24.3 Å². The first kappa shape index (κ1) is 18.8. The predicted molar refractivity (Wildman–Crippen MR) is 110 cm³/mol. The zero-order valence-electron chi connectivity index (χ0n) is 13.8. The molecule has 0 radical (unpaired) electrons. The van der Waals surface area contributed by atoms with E-state index in [0.29, 0.717) is 16.5 Å². The van der Waals surface area contributed by atoms with Crippen LogP contribution in [-0.4, -0.2) is 34.2 Å². The minimum atomic E-state index is -0.591. The van der Waals surface area contributed by atoms with Gasteiger partial charge >= 0.3 is 0 Å². The summed E-state index contributed by atoms with van der Waals surface area (Å²) in [6, 6.07) is 13.1. The van der Waals surface area contributed by atoms with E-state index in [9.17, 15) is 14.0 Å². The van der Waals surface area contributed by atoms with Crippen LogP contribution in [-0.2, 0) is 9.59 Å². The number of anilines is 1. The SMILES string of the molecule is CN1C(=O)C[C@H](C(=O)Nc2ccc(F)cc2)SC1=Nc1ccc(I)cc1. The van der Waals surface area contributed by atoms with Gasteiger partial charge < -0.3 is 5.32 Å². The van der Waals surface area contributed by atoms with Crippen molar-refractivity contribution in [2.75, 3.05) is 12.4 Å². The number of carbonyl (C=O) groups excluding carboxylic acids is 2. The molecule has 5 nitrogen and oxygen atoms in total. The molecule has 1 aliphatic rings. The average Bonchev–Trinajstić information content (AvgIpc) is 2.62. The van der Waals surface area contributed by atoms with Gasteiger partial charge in [0, 0.05) is 22.7 Å². The standard InChI is InChI=1S/C18H15FIN3O2S/c1-23-16(24)10-15(17(25)21-13-6-2-11(19)3-7-13)26-18(23)22-14-8-4-12(20)5-9-14/h2-9,15H,10H2,1H3,(H,21,25)/t15-/m1/s1. The van der Waals surface area contributed by atoms with Gasteiger partial charge in [0.25, 0.3) is 0 Å². The van der Waals surface area contributed by atoms with E-state index in [-0.39, 0.29) is 24.1 Å². The third kappa shape index (κ3) is 4.61. The maximum absolute atomic E-state index is 13.0. The van der Waals surface area contributed by atoms with Crippen molar-refractivity contribution in [3.8, 4) is 0 Å². The molecule has 0 spiro atoms.